The molecule has 6 heteroatoms. The van der Waals surface area contributed by atoms with Crippen LogP contribution < -0.4 is 5.32 Å². The van der Waals surface area contributed by atoms with E-state index in [1.165, 1.54) is 0 Å². The summed E-state index contributed by atoms with van der Waals surface area (Å²) in [4.78, 5) is 7.11. The molecule has 1 aliphatic rings. The average molecular weight is 370 g/mol. The minimum atomic E-state index is 0.584. The third-order valence-corrected chi connectivity index (χ3v) is 4.88. The first kappa shape index (κ1) is 19.4. The maximum Gasteiger partial charge on any atom is 0.193 e. The summed E-state index contributed by atoms with van der Waals surface area (Å²) in [6, 6.07) is 10.4. The van der Waals surface area contributed by atoms with Crippen molar-refractivity contribution in [3.8, 4) is 5.69 Å². The number of ether oxygens (including phenoxy) is 1. The number of aryl methyl sites for hydroxylation is 2. The van der Waals surface area contributed by atoms with Crippen molar-refractivity contribution in [2.75, 3.05) is 33.4 Å². The molecule has 1 aromatic carbocycles. The van der Waals surface area contributed by atoms with Crippen molar-refractivity contribution in [2.24, 2.45) is 10.9 Å². The molecule has 1 fully saturated rings. The average Bonchev–Trinajstić information content (AvgIpc) is 3.28. The predicted molar refractivity (Wildman–Crippen MR) is 109 cm³/mol. The molecule has 0 aliphatic carbocycles. The lowest BCUT2D eigenvalue weighted by Gasteiger charge is -2.24. The Kier molecular flexibility index (Phi) is 6.50. The summed E-state index contributed by atoms with van der Waals surface area (Å²) in [6.45, 7) is 10.4. The summed E-state index contributed by atoms with van der Waals surface area (Å²) in [7, 11) is 2.10. The first-order chi connectivity index (χ1) is 13.1. The molecule has 1 atom stereocenters. The van der Waals surface area contributed by atoms with Crippen LogP contribution in [0.5, 0.6) is 0 Å². The van der Waals surface area contributed by atoms with Gasteiger partial charge in [0, 0.05) is 38.4 Å². The van der Waals surface area contributed by atoms with Gasteiger partial charge < -0.3 is 15.0 Å². The lowest BCUT2D eigenvalue weighted by atomic mass is 10.1. The van der Waals surface area contributed by atoms with Crippen molar-refractivity contribution in [2.45, 2.75) is 33.7 Å². The number of guanidine groups is 1. The van der Waals surface area contributed by atoms with Crippen LogP contribution in [-0.2, 0) is 11.3 Å². The lowest BCUT2D eigenvalue weighted by molar-refractivity contribution is 0.181. The number of aromatic nitrogens is 2. The highest BCUT2D eigenvalue weighted by molar-refractivity contribution is 5.79. The molecule has 1 saturated heterocycles. The molecule has 1 aliphatic heterocycles. The molecule has 27 heavy (non-hydrogen) atoms. The number of aliphatic imine (C=N–C) groups is 1. The highest BCUT2D eigenvalue weighted by Crippen LogP contribution is 2.18. The van der Waals surface area contributed by atoms with Gasteiger partial charge in [0.1, 0.15) is 0 Å². The molecule has 0 bridgehead atoms. The number of hydrogen-bond donors (Lipinski definition) is 1. The van der Waals surface area contributed by atoms with Crippen LogP contribution in [0.25, 0.3) is 5.69 Å². The largest absolute Gasteiger partial charge is 0.381 e. The molecule has 0 radical (unpaired) electrons. The SMILES string of the molecule is CCNC(=NCc1ccccc1-n1nc(C)cc1C)N(C)CC1CCOC1. The Morgan fingerprint density at radius 2 is 2.19 bits per heavy atom. The molecule has 0 spiro atoms. The Morgan fingerprint density at radius 1 is 1.37 bits per heavy atom. The molecule has 1 unspecified atom stereocenters. The monoisotopic (exact) mass is 369 g/mol. The minimum absolute atomic E-state index is 0.584. The normalized spacial score (nSPS) is 17.3. The zero-order chi connectivity index (χ0) is 19.2. The molecular formula is C21H31N5O. The van der Waals surface area contributed by atoms with Crippen LogP contribution in [0.15, 0.2) is 35.3 Å². The fourth-order valence-corrected chi connectivity index (χ4v) is 3.55. The van der Waals surface area contributed by atoms with Crippen LogP contribution in [0.3, 0.4) is 0 Å². The van der Waals surface area contributed by atoms with E-state index >= 15 is 0 Å². The van der Waals surface area contributed by atoms with E-state index in [0.29, 0.717) is 12.5 Å². The fraction of sp³-hybridized carbons (Fsp3) is 0.524. The Bertz CT molecular complexity index is 777. The highest BCUT2D eigenvalue weighted by atomic mass is 16.5. The maximum absolute atomic E-state index is 5.51. The maximum atomic E-state index is 5.51. The van der Waals surface area contributed by atoms with Crippen LogP contribution in [0.1, 0.15) is 30.3 Å². The van der Waals surface area contributed by atoms with Gasteiger partial charge in [0.2, 0.25) is 0 Å². The van der Waals surface area contributed by atoms with Gasteiger partial charge in [-0.25, -0.2) is 9.67 Å². The summed E-state index contributed by atoms with van der Waals surface area (Å²) >= 11 is 0. The summed E-state index contributed by atoms with van der Waals surface area (Å²) in [5.74, 6) is 1.52. The van der Waals surface area contributed by atoms with Gasteiger partial charge in [-0.05, 0) is 44.9 Å². The topological polar surface area (TPSA) is 54.7 Å². The van der Waals surface area contributed by atoms with Crippen LogP contribution in [-0.4, -0.2) is 54.0 Å². The van der Waals surface area contributed by atoms with Gasteiger partial charge in [-0.1, -0.05) is 18.2 Å². The van der Waals surface area contributed by atoms with Crippen molar-refractivity contribution < 1.29 is 4.74 Å². The highest BCUT2D eigenvalue weighted by Gasteiger charge is 2.19. The molecule has 6 nitrogen and oxygen atoms in total. The molecule has 1 aromatic heterocycles. The van der Waals surface area contributed by atoms with Crippen molar-refractivity contribution in [3.63, 3.8) is 0 Å². The van der Waals surface area contributed by atoms with Crippen LogP contribution in [0.4, 0.5) is 0 Å². The number of nitrogens with zero attached hydrogens (tertiary/aromatic N) is 4. The quantitative estimate of drug-likeness (QED) is 0.628. The first-order valence-corrected chi connectivity index (χ1v) is 9.77. The third kappa shape index (κ3) is 4.89. The lowest BCUT2D eigenvalue weighted by Crippen LogP contribution is -2.41. The summed E-state index contributed by atoms with van der Waals surface area (Å²) in [6.07, 6.45) is 1.13. The van der Waals surface area contributed by atoms with Crippen molar-refractivity contribution in [1.82, 2.24) is 20.0 Å². The van der Waals surface area contributed by atoms with E-state index < -0.39 is 0 Å². The Hall–Kier alpha value is -2.34. The Balaban J connectivity index is 1.79. The predicted octanol–water partition coefficient (Wildman–Crippen LogP) is 2.92. The van der Waals surface area contributed by atoms with Gasteiger partial charge in [-0.15, -0.1) is 0 Å². The van der Waals surface area contributed by atoms with Crippen molar-refractivity contribution >= 4 is 5.96 Å². The van der Waals surface area contributed by atoms with Crippen LogP contribution >= 0.6 is 0 Å². The second-order valence-electron chi connectivity index (χ2n) is 7.25. The fourth-order valence-electron chi connectivity index (χ4n) is 3.55. The zero-order valence-corrected chi connectivity index (χ0v) is 16.9. The Labute approximate surface area is 162 Å². The Morgan fingerprint density at radius 3 is 2.85 bits per heavy atom. The molecule has 1 N–H and O–H groups in total. The van der Waals surface area contributed by atoms with Gasteiger partial charge in [0.25, 0.3) is 0 Å². The number of benzene rings is 1. The first-order valence-electron chi connectivity index (χ1n) is 9.77. The van der Waals surface area contributed by atoms with E-state index in [-0.39, 0.29) is 0 Å². The summed E-state index contributed by atoms with van der Waals surface area (Å²) in [5, 5.41) is 8.05. The van der Waals surface area contributed by atoms with Gasteiger partial charge in [0.15, 0.2) is 5.96 Å². The minimum Gasteiger partial charge on any atom is -0.381 e. The number of hydrogen-bond acceptors (Lipinski definition) is 3. The van der Waals surface area contributed by atoms with Gasteiger partial charge in [0.05, 0.1) is 24.5 Å². The van der Waals surface area contributed by atoms with Gasteiger partial charge >= 0.3 is 0 Å². The molecule has 0 saturated carbocycles. The third-order valence-electron chi connectivity index (χ3n) is 4.88. The van der Waals surface area contributed by atoms with Crippen molar-refractivity contribution in [3.05, 3.63) is 47.3 Å². The van der Waals surface area contributed by atoms with E-state index in [1.807, 2.05) is 11.6 Å². The second-order valence-corrected chi connectivity index (χ2v) is 7.25. The van der Waals surface area contributed by atoms with E-state index in [2.05, 4.69) is 66.5 Å². The summed E-state index contributed by atoms with van der Waals surface area (Å²) < 4.78 is 7.51. The zero-order valence-electron chi connectivity index (χ0n) is 16.9. The molecular weight excluding hydrogens is 338 g/mol. The molecule has 3 rings (SSSR count). The van der Waals surface area contributed by atoms with Gasteiger partial charge in [-0.2, -0.15) is 5.10 Å². The second kappa shape index (κ2) is 9.04. The van der Waals surface area contributed by atoms with E-state index in [4.69, 9.17) is 9.73 Å². The van der Waals surface area contributed by atoms with Crippen LogP contribution in [0.2, 0.25) is 0 Å². The molecule has 0 amide bonds. The van der Waals surface area contributed by atoms with Crippen molar-refractivity contribution in [1.29, 1.82) is 0 Å². The summed E-state index contributed by atoms with van der Waals surface area (Å²) in [5.41, 5.74) is 4.41. The standard InChI is InChI=1S/C21H31N5O/c1-5-22-21(25(4)14-18-10-11-27-15-18)23-13-19-8-6-7-9-20(19)26-17(3)12-16(2)24-26/h6-9,12,18H,5,10-11,13-15H2,1-4H3,(H,22,23). The molecule has 2 heterocycles. The van der Waals surface area contributed by atoms with Crippen LogP contribution in [0, 0.1) is 19.8 Å². The molecule has 2 aromatic rings. The number of nitrogens with one attached hydrogen (secondary N) is 1. The number of rotatable bonds is 6. The van der Waals surface area contributed by atoms with E-state index in [9.17, 15) is 0 Å². The van der Waals surface area contributed by atoms with E-state index in [0.717, 1.165) is 61.3 Å². The van der Waals surface area contributed by atoms with E-state index in [1.54, 1.807) is 0 Å². The number of para-hydroxylation sites is 1. The smallest absolute Gasteiger partial charge is 0.193 e. The van der Waals surface area contributed by atoms with Gasteiger partial charge in [-0.3, -0.25) is 0 Å². The molecule has 146 valence electrons.